The van der Waals surface area contributed by atoms with Gasteiger partial charge in [0.1, 0.15) is 5.69 Å². The highest BCUT2D eigenvalue weighted by Crippen LogP contribution is 2.23. The first-order chi connectivity index (χ1) is 12.1. The monoisotopic (exact) mass is 340 g/mol. The second-order valence-electron chi connectivity index (χ2n) is 6.97. The molecule has 3 rings (SSSR count). The summed E-state index contributed by atoms with van der Waals surface area (Å²) in [5.74, 6) is 0.150. The molecule has 1 amide bonds. The Morgan fingerprint density at radius 1 is 1.12 bits per heavy atom. The van der Waals surface area contributed by atoms with Gasteiger partial charge in [0.15, 0.2) is 0 Å². The SMILES string of the molecule is CCCn1cc(-c2ccncc2)cc1C(=O)N1CCN(C(C)C)CC1. The average molecular weight is 340 g/mol. The first kappa shape index (κ1) is 17.7. The summed E-state index contributed by atoms with van der Waals surface area (Å²) in [4.78, 5) is 21.6. The van der Waals surface area contributed by atoms with Gasteiger partial charge >= 0.3 is 0 Å². The van der Waals surface area contributed by atoms with Gasteiger partial charge in [-0.15, -0.1) is 0 Å². The summed E-state index contributed by atoms with van der Waals surface area (Å²) in [5, 5.41) is 0. The van der Waals surface area contributed by atoms with E-state index in [1.807, 2.05) is 23.1 Å². The molecule has 2 aromatic rings. The molecule has 0 aromatic carbocycles. The van der Waals surface area contributed by atoms with Crippen LogP contribution in [-0.4, -0.2) is 57.5 Å². The lowest BCUT2D eigenvalue weighted by atomic mass is 10.1. The second kappa shape index (κ2) is 7.83. The Balaban J connectivity index is 1.81. The maximum absolute atomic E-state index is 13.1. The minimum Gasteiger partial charge on any atom is -0.343 e. The molecular formula is C20H28N4O. The molecule has 0 atom stereocenters. The predicted octanol–water partition coefficient (Wildman–Crippen LogP) is 3.13. The first-order valence-electron chi connectivity index (χ1n) is 9.24. The van der Waals surface area contributed by atoms with Gasteiger partial charge in [-0.3, -0.25) is 14.7 Å². The topological polar surface area (TPSA) is 41.4 Å². The number of piperazine rings is 1. The molecule has 0 N–H and O–H groups in total. The van der Waals surface area contributed by atoms with E-state index in [9.17, 15) is 4.79 Å². The van der Waals surface area contributed by atoms with Crippen molar-refractivity contribution in [1.29, 1.82) is 0 Å². The van der Waals surface area contributed by atoms with Gasteiger partial charge in [0.25, 0.3) is 5.91 Å². The van der Waals surface area contributed by atoms with E-state index in [4.69, 9.17) is 0 Å². The summed E-state index contributed by atoms with van der Waals surface area (Å²) in [7, 11) is 0. The molecule has 0 saturated carbocycles. The Morgan fingerprint density at radius 3 is 2.40 bits per heavy atom. The van der Waals surface area contributed by atoms with Crippen molar-refractivity contribution in [3.05, 3.63) is 42.5 Å². The maximum atomic E-state index is 13.1. The largest absolute Gasteiger partial charge is 0.343 e. The number of nitrogens with zero attached hydrogens (tertiary/aromatic N) is 4. The Bertz CT molecular complexity index is 700. The van der Waals surface area contributed by atoms with E-state index in [-0.39, 0.29) is 5.91 Å². The van der Waals surface area contributed by atoms with Crippen LogP contribution in [0, 0.1) is 0 Å². The predicted molar refractivity (Wildman–Crippen MR) is 101 cm³/mol. The smallest absolute Gasteiger partial charge is 0.270 e. The zero-order valence-corrected chi connectivity index (χ0v) is 15.5. The summed E-state index contributed by atoms with van der Waals surface area (Å²) < 4.78 is 2.10. The van der Waals surface area contributed by atoms with Gasteiger partial charge in [-0.2, -0.15) is 0 Å². The molecule has 0 radical (unpaired) electrons. The first-order valence-corrected chi connectivity index (χ1v) is 9.24. The third-order valence-electron chi connectivity index (χ3n) is 4.93. The van der Waals surface area contributed by atoms with Crippen LogP contribution in [0.25, 0.3) is 11.1 Å². The summed E-state index contributed by atoms with van der Waals surface area (Å²) in [6.45, 7) is 10.9. The van der Waals surface area contributed by atoms with Crippen LogP contribution in [0.3, 0.4) is 0 Å². The van der Waals surface area contributed by atoms with Crippen molar-refractivity contribution < 1.29 is 4.79 Å². The fraction of sp³-hybridized carbons (Fsp3) is 0.500. The molecule has 1 aliphatic heterocycles. The van der Waals surface area contributed by atoms with Crippen molar-refractivity contribution in [2.75, 3.05) is 26.2 Å². The summed E-state index contributed by atoms with van der Waals surface area (Å²) in [5.41, 5.74) is 2.98. The molecule has 5 heteroatoms. The van der Waals surface area contributed by atoms with Crippen LogP contribution in [0.15, 0.2) is 36.8 Å². The van der Waals surface area contributed by atoms with Crippen LogP contribution in [0.2, 0.25) is 0 Å². The van der Waals surface area contributed by atoms with Gasteiger partial charge in [0.2, 0.25) is 0 Å². The maximum Gasteiger partial charge on any atom is 0.270 e. The molecule has 3 heterocycles. The highest BCUT2D eigenvalue weighted by molar-refractivity contribution is 5.94. The molecule has 134 valence electrons. The van der Waals surface area contributed by atoms with E-state index in [0.29, 0.717) is 6.04 Å². The van der Waals surface area contributed by atoms with E-state index in [1.54, 1.807) is 12.4 Å². The number of hydrogen-bond acceptors (Lipinski definition) is 3. The van der Waals surface area contributed by atoms with Crippen LogP contribution >= 0.6 is 0 Å². The molecule has 5 nitrogen and oxygen atoms in total. The number of pyridine rings is 1. The average Bonchev–Trinajstić information content (AvgIpc) is 3.06. The lowest BCUT2D eigenvalue weighted by Crippen LogP contribution is -2.51. The van der Waals surface area contributed by atoms with Crippen LogP contribution in [0.5, 0.6) is 0 Å². The van der Waals surface area contributed by atoms with Crippen LogP contribution < -0.4 is 0 Å². The van der Waals surface area contributed by atoms with E-state index in [2.05, 4.69) is 41.4 Å². The van der Waals surface area contributed by atoms with Crippen molar-refractivity contribution in [2.24, 2.45) is 0 Å². The number of carbonyl (C=O) groups is 1. The van der Waals surface area contributed by atoms with E-state index in [0.717, 1.165) is 56.0 Å². The number of amides is 1. The van der Waals surface area contributed by atoms with Crippen LogP contribution in [0.4, 0.5) is 0 Å². The van der Waals surface area contributed by atoms with Crippen molar-refractivity contribution in [2.45, 2.75) is 39.8 Å². The summed E-state index contributed by atoms with van der Waals surface area (Å²) in [6, 6.07) is 6.55. The molecule has 1 aliphatic rings. The normalized spacial score (nSPS) is 15.8. The quantitative estimate of drug-likeness (QED) is 0.840. The fourth-order valence-electron chi connectivity index (χ4n) is 3.42. The van der Waals surface area contributed by atoms with E-state index < -0.39 is 0 Å². The molecule has 0 unspecified atom stereocenters. The van der Waals surface area contributed by atoms with E-state index in [1.165, 1.54) is 0 Å². The number of aromatic nitrogens is 2. The zero-order chi connectivity index (χ0) is 17.8. The highest BCUT2D eigenvalue weighted by atomic mass is 16.2. The third kappa shape index (κ3) is 3.93. The molecule has 1 saturated heterocycles. The van der Waals surface area contributed by atoms with Gasteiger partial charge in [-0.1, -0.05) is 6.92 Å². The van der Waals surface area contributed by atoms with Gasteiger partial charge in [0, 0.05) is 62.9 Å². The lowest BCUT2D eigenvalue weighted by Gasteiger charge is -2.37. The highest BCUT2D eigenvalue weighted by Gasteiger charge is 2.25. The number of carbonyl (C=O) groups excluding carboxylic acids is 1. The Kier molecular flexibility index (Phi) is 5.53. The second-order valence-corrected chi connectivity index (χ2v) is 6.97. The molecule has 0 aliphatic carbocycles. The molecule has 0 bridgehead atoms. The standard InChI is InChI=1S/C20H28N4O/c1-4-9-24-15-18(17-5-7-21-8-6-17)14-19(24)20(25)23-12-10-22(11-13-23)16(2)3/h5-8,14-16H,4,9-13H2,1-3H3. The molecule has 2 aromatic heterocycles. The summed E-state index contributed by atoms with van der Waals surface area (Å²) in [6.07, 6.45) is 6.68. The minimum absolute atomic E-state index is 0.150. The molecular weight excluding hydrogens is 312 g/mol. The minimum atomic E-state index is 0.150. The fourth-order valence-corrected chi connectivity index (χ4v) is 3.42. The van der Waals surface area contributed by atoms with Crippen LogP contribution in [-0.2, 0) is 6.54 Å². The third-order valence-corrected chi connectivity index (χ3v) is 4.93. The number of hydrogen-bond donors (Lipinski definition) is 0. The number of aryl methyl sites for hydroxylation is 1. The molecule has 25 heavy (non-hydrogen) atoms. The van der Waals surface area contributed by atoms with Crippen molar-refractivity contribution >= 4 is 5.91 Å². The molecule has 0 spiro atoms. The van der Waals surface area contributed by atoms with Gasteiger partial charge in [-0.25, -0.2) is 0 Å². The van der Waals surface area contributed by atoms with Gasteiger partial charge in [-0.05, 0) is 44.0 Å². The lowest BCUT2D eigenvalue weighted by molar-refractivity contribution is 0.0585. The summed E-state index contributed by atoms with van der Waals surface area (Å²) >= 11 is 0. The zero-order valence-electron chi connectivity index (χ0n) is 15.5. The van der Waals surface area contributed by atoms with Crippen molar-refractivity contribution in [3.63, 3.8) is 0 Å². The Morgan fingerprint density at radius 2 is 1.80 bits per heavy atom. The van der Waals surface area contributed by atoms with Gasteiger partial charge in [0.05, 0.1) is 0 Å². The van der Waals surface area contributed by atoms with Crippen molar-refractivity contribution in [1.82, 2.24) is 19.4 Å². The Hall–Kier alpha value is -2.14. The molecule has 1 fully saturated rings. The number of rotatable bonds is 5. The Labute approximate surface area is 150 Å². The van der Waals surface area contributed by atoms with Gasteiger partial charge < -0.3 is 9.47 Å². The van der Waals surface area contributed by atoms with E-state index >= 15 is 0 Å². The van der Waals surface area contributed by atoms with Crippen LogP contribution in [0.1, 0.15) is 37.7 Å². The van der Waals surface area contributed by atoms with Crippen molar-refractivity contribution in [3.8, 4) is 11.1 Å².